The average molecular weight is 344 g/mol. The number of likely N-dealkylation sites (tertiary alicyclic amines) is 2. The predicted octanol–water partition coefficient (Wildman–Crippen LogP) is 2.16. The second kappa shape index (κ2) is 6.96. The maximum atomic E-state index is 13.1. The lowest BCUT2D eigenvalue weighted by Gasteiger charge is -2.25. The fourth-order valence-electron chi connectivity index (χ4n) is 4.62. The molecule has 0 aromatic heterocycles. The fourth-order valence-corrected chi connectivity index (χ4v) is 4.62. The minimum Gasteiger partial charge on any atom is -0.497 e. The first-order valence-corrected chi connectivity index (χ1v) is 9.41. The van der Waals surface area contributed by atoms with Crippen molar-refractivity contribution in [3.8, 4) is 5.75 Å². The van der Waals surface area contributed by atoms with Crippen LogP contribution in [0.1, 0.15) is 24.8 Å². The number of nitrogens with zero attached hydrogens (tertiary/aromatic N) is 2. The number of methoxy groups -OCH3 is 1. The third-order valence-electron chi connectivity index (χ3n) is 6.08. The summed E-state index contributed by atoms with van der Waals surface area (Å²) in [6.45, 7) is 6.41. The van der Waals surface area contributed by atoms with Gasteiger partial charge in [0.1, 0.15) is 5.75 Å². The smallest absolute Gasteiger partial charge is 0.230 e. The highest BCUT2D eigenvalue weighted by atomic mass is 16.5. The normalized spacial score (nSPS) is 29.9. The lowest BCUT2D eigenvalue weighted by molar-refractivity contribution is -0.136. The molecule has 3 aliphatic heterocycles. The van der Waals surface area contributed by atoms with Gasteiger partial charge in [-0.1, -0.05) is 12.1 Å². The summed E-state index contributed by atoms with van der Waals surface area (Å²) in [5.41, 5.74) is 1.00. The van der Waals surface area contributed by atoms with E-state index in [1.54, 1.807) is 7.11 Å². The predicted molar refractivity (Wildman–Crippen MR) is 95.4 cm³/mol. The molecule has 4 rings (SSSR count). The quantitative estimate of drug-likeness (QED) is 0.821. The van der Waals surface area contributed by atoms with E-state index in [1.165, 1.54) is 6.42 Å². The molecule has 136 valence electrons. The van der Waals surface area contributed by atoms with Crippen LogP contribution in [0.5, 0.6) is 5.75 Å². The van der Waals surface area contributed by atoms with E-state index in [2.05, 4.69) is 11.0 Å². The number of carbonyl (C=O) groups is 1. The Labute approximate surface area is 149 Å². The Morgan fingerprint density at radius 3 is 3.00 bits per heavy atom. The molecular formula is C20H28N2O3. The molecule has 3 heterocycles. The largest absolute Gasteiger partial charge is 0.497 e. The summed E-state index contributed by atoms with van der Waals surface area (Å²) < 4.78 is 10.8. The molecule has 1 amide bonds. The van der Waals surface area contributed by atoms with Gasteiger partial charge in [0.15, 0.2) is 0 Å². The minimum atomic E-state index is -0.141. The topological polar surface area (TPSA) is 42.0 Å². The molecule has 0 bridgehead atoms. The van der Waals surface area contributed by atoms with Crippen LogP contribution in [0.3, 0.4) is 0 Å². The zero-order valence-electron chi connectivity index (χ0n) is 15.1. The number of carbonyl (C=O) groups excluding carboxylic acids is 1. The van der Waals surface area contributed by atoms with Crippen LogP contribution in [0.15, 0.2) is 24.3 Å². The average Bonchev–Trinajstić information content (AvgIpc) is 3.35. The van der Waals surface area contributed by atoms with Crippen molar-refractivity contribution in [2.75, 3.05) is 46.5 Å². The third-order valence-corrected chi connectivity index (χ3v) is 6.08. The summed E-state index contributed by atoms with van der Waals surface area (Å²) >= 11 is 0. The number of hydrogen-bond donors (Lipinski definition) is 0. The number of amides is 1. The standard InChI is InChI=1S/C20H28N2O3/c1-24-18-4-2-3-16(11-18)13-22-9-7-20(19(22)23)6-8-21(15-20)12-17-5-10-25-14-17/h2-4,11,17H,5-10,12-15H2,1H3/t17-,20-/m1/s1. The first-order valence-electron chi connectivity index (χ1n) is 9.41. The summed E-state index contributed by atoms with van der Waals surface area (Å²) in [5, 5.41) is 0. The molecule has 1 aromatic rings. The van der Waals surface area contributed by atoms with Crippen molar-refractivity contribution in [2.24, 2.45) is 11.3 Å². The van der Waals surface area contributed by atoms with E-state index in [-0.39, 0.29) is 5.41 Å². The fraction of sp³-hybridized carbons (Fsp3) is 0.650. The van der Waals surface area contributed by atoms with Crippen molar-refractivity contribution >= 4 is 5.91 Å². The van der Waals surface area contributed by atoms with E-state index in [9.17, 15) is 4.79 Å². The second-order valence-corrected chi connectivity index (χ2v) is 7.82. The van der Waals surface area contributed by atoms with Crippen LogP contribution >= 0.6 is 0 Å². The van der Waals surface area contributed by atoms with E-state index < -0.39 is 0 Å². The Hall–Kier alpha value is -1.59. The van der Waals surface area contributed by atoms with E-state index >= 15 is 0 Å². The van der Waals surface area contributed by atoms with Crippen molar-refractivity contribution in [1.29, 1.82) is 0 Å². The van der Waals surface area contributed by atoms with Crippen LogP contribution in [-0.2, 0) is 16.1 Å². The molecule has 0 aliphatic carbocycles. The van der Waals surface area contributed by atoms with Crippen molar-refractivity contribution in [3.05, 3.63) is 29.8 Å². The van der Waals surface area contributed by atoms with E-state index in [0.717, 1.165) is 63.5 Å². The van der Waals surface area contributed by atoms with Gasteiger partial charge in [-0.15, -0.1) is 0 Å². The highest BCUT2D eigenvalue weighted by Crippen LogP contribution is 2.41. The van der Waals surface area contributed by atoms with Crippen LogP contribution in [0.4, 0.5) is 0 Å². The van der Waals surface area contributed by atoms with Crippen LogP contribution in [-0.4, -0.2) is 62.2 Å². The molecule has 1 spiro atoms. The SMILES string of the molecule is COc1cccc(CN2CC[C@@]3(CCN(C[C@H]4CCOC4)C3)C2=O)c1. The van der Waals surface area contributed by atoms with Gasteiger partial charge in [0.2, 0.25) is 5.91 Å². The Morgan fingerprint density at radius 1 is 1.32 bits per heavy atom. The van der Waals surface area contributed by atoms with Crippen molar-refractivity contribution in [3.63, 3.8) is 0 Å². The van der Waals surface area contributed by atoms with Gasteiger partial charge in [-0.3, -0.25) is 4.79 Å². The van der Waals surface area contributed by atoms with Gasteiger partial charge in [-0.25, -0.2) is 0 Å². The molecule has 0 saturated carbocycles. The Kier molecular flexibility index (Phi) is 4.69. The van der Waals surface area contributed by atoms with Crippen molar-refractivity contribution < 1.29 is 14.3 Å². The molecule has 0 unspecified atom stereocenters. The first kappa shape index (κ1) is 16.9. The molecule has 3 aliphatic rings. The third kappa shape index (κ3) is 3.40. The number of hydrogen-bond acceptors (Lipinski definition) is 4. The second-order valence-electron chi connectivity index (χ2n) is 7.82. The van der Waals surface area contributed by atoms with Crippen LogP contribution in [0.2, 0.25) is 0 Å². The summed E-state index contributed by atoms with van der Waals surface area (Å²) in [4.78, 5) is 17.6. The Bertz CT molecular complexity index is 629. The molecular weight excluding hydrogens is 316 g/mol. The molecule has 3 saturated heterocycles. The first-order chi connectivity index (χ1) is 12.2. The van der Waals surface area contributed by atoms with Gasteiger partial charge in [-0.2, -0.15) is 0 Å². The van der Waals surface area contributed by atoms with Gasteiger partial charge >= 0.3 is 0 Å². The molecule has 5 heteroatoms. The number of ether oxygens (including phenoxy) is 2. The Morgan fingerprint density at radius 2 is 2.20 bits per heavy atom. The molecule has 3 fully saturated rings. The summed E-state index contributed by atoms with van der Waals surface area (Å²) in [7, 11) is 1.68. The van der Waals surface area contributed by atoms with E-state index in [4.69, 9.17) is 9.47 Å². The lowest BCUT2D eigenvalue weighted by Crippen LogP contribution is -2.37. The molecule has 1 aromatic carbocycles. The van der Waals surface area contributed by atoms with Crippen LogP contribution in [0, 0.1) is 11.3 Å². The zero-order chi connectivity index (χ0) is 17.3. The van der Waals surface area contributed by atoms with Gasteiger partial charge in [-0.05, 0) is 49.4 Å². The van der Waals surface area contributed by atoms with Crippen molar-refractivity contribution in [2.45, 2.75) is 25.8 Å². The summed E-state index contributed by atoms with van der Waals surface area (Å²) in [6, 6.07) is 8.03. The molecule has 5 nitrogen and oxygen atoms in total. The maximum Gasteiger partial charge on any atom is 0.230 e. The molecule has 25 heavy (non-hydrogen) atoms. The molecule has 0 radical (unpaired) electrons. The van der Waals surface area contributed by atoms with Gasteiger partial charge in [0, 0.05) is 32.8 Å². The highest BCUT2D eigenvalue weighted by molar-refractivity contribution is 5.85. The number of benzene rings is 1. The minimum absolute atomic E-state index is 0.141. The van der Waals surface area contributed by atoms with Crippen LogP contribution in [0.25, 0.3) is 0 Å². The monoisotopic (exact) mass is 344 g/mol. The zero-order valence-corrected chi connectivity index (χ0v) is 15.1. The maximum absolute atomic E-state index is 13.1. The highest BCUT2D eigenvalue weighted by Gasteiger charge is 2.50. The molecule has 0 N–H and O–H groups in total. The van der Waals surface area contributed by atoms with Gasteiger partial charge in [0.05, 0.1) is 19.1 Å². The Balaban J connectivity index is 1.37. The van der Waals surface area contributed by atoms with Gasteiger partial charge in [0.25, 0.3) is 0 Å². The van der Waals surface area contributed by atoms with Crippen LogP contribution < -0.4 is 4.74 Å². The number of rotatable bonds is 5. The molecule has 2 atom stereocenters. The lowest BCUT2D eigenvalue weighted by atomic mass is 9.85. The summed E-state index contributed by atoms with van der Waals surface area (Å²) in [5.74, 6) is 1.85. The van der Waals surface area contributed by atoms with Gasteiger partial charge < -0.3 is 19.3 Å². The van der Waals surface area contributed by atoms with E-state index in [0.29, 0.717) is 18.4 Å². The van der Waals surface area contributed by atoms with E-state index in [1.807, 2.05) is 23.1 Å². The van der Waals surface area contributed by atoms with Crippen molar-refractivity contribution in [1.82, 2.24) is 9.80 Å². The summed E-state index contributed by atoms with van der Waals surface area (Å²) in [6.07, 6.45) is 3.17.